The average Bonchev–Trinajstić information content (AvgIpc) is 3.28. The summed E-state index contributed by atoms with van der Waals surface area (Å²) in [5.74, 6) is 0.322. The first kappa shape index (κ1) is 20.8. The lowest BCUT2D eigenvalue weighted by molar-refractivity contribution is 0.916. The molecule has 1 fully saturated rings. The molecule has 0 radical (unpaired) electrons. The Morgan fingerprint density at radius 1 is 1.10 bits per heavy atom. The monoisotopic (exact) mass is 457 g/mol. The molecule has 0 amide bonds. The normalized spacial score (nSPS) is 13.3. The molecule has 2 N–H and O–H groups in total. The molecule has 0 aliphatic carbocycles. The summed E-state index contributed by atoms with van der Waals surface area (Å²) in [6.07, 6.45) is 5.89. The number of hydrogen-bond acceptors (Lipinski definition) is 7. The maximum atomic E-state index is 6.13. The maximum Gasteiger partial charge on any atom is 0.231 e. The van der Waals surface area contributed by atoms with Gasteiger partial charge in [-0.2, -0.15) is 0 Å². The molecule has 0 unspecified atom stereocenters. The molecule has 3 aromatic rings. The molecule has 0 spiro atoms. The van der Waals surface area contributed by atoms with E-state index < -0.39 is 0 Å². The van der Waals surface area contributed by atoms with Crippen LogP contribution in [0.15, 0.2) is 59.0 Å². The Labute approximate surface area is 189 Å². The van der Waals surface area contributed by atoms with Gasteiger partial charge in [-0.25, -0.2) is 19.9 Å². The van der Waals surface area contributed by atoms with Crippen molar-refractivity contribution in [3.05, 3.63) is 59.5 Å². The van der Waals surface area contributed by atoms with Crippen molar-refractivity contribution >= 4 is 52.3 Å². The second-order valence-corrected chi connectivity index (χ2v) is 8.44. The van der Waals surface area contributed by atoms with Crippen LogP contribution in [0.4, 0.5) is 11.6 Å². The van der Waals surface area contributed by atoms with Gasteiger partial charge < -0.3 is 15.5 Å². The van der Waals surface area contributed by atoms with E-state index in [1.165, 1.54) is 30.3 Å². The molecule has 10 heteroatoms. The number of hydrogen-bond donors (Lipinski definition) is 2. The van der Waals surface area contributed by atoms with Crippen LogP contribution in [-0.2, 0) is 6.54 Å². The maximum absolute atomic E-state index is 6.13. The third-order valence-corrected chi connectivity index (χ3v) is 5.75. The number of benzene rings is 1. The lowest BCUT2D eigenvalue weighted by Crippen LogP contribution is -2.28. The van der Waals surface area contributed by atoms with E-state index in [4.69, 9.17) is 23.8 Å². The zero-order valence-corrected chi connectivity index (χ0v) is 18.5. The molecule has 30 heavy (non-hydrogen) atoms. The van der Waals surface area contributed by atoms with Gasteiger partial charge in [0.1, 0.15) is 10.2 Å². The third-order valence-electron chi connectivity index (χ3n) is 4.50. The molecule has 4 rings (SSSR count). The predicted octanol–water partition coefficient (Wildman–Crippen LogP) is 4.16. The van der Waals surface area contributed by atoms with Crippen LogP contribution < -0.4 is 15.5 Å². The molecule has 1 aliphatic rings. The molecule has 0 atom stereocenters. The molecule has 0 saturated carbocycles. The van der Waals surface area contributed by atoms with Crippen molar-refractivity contribution in [3.63, 3.8) is 0 Å². The summed E-state index contributed by atoms with van der Waals surface area (Å²) in [6.45, 7) is 2.88. The van der Waals surface area contributed by atoms with Gasteiger partial charge in [-0.3, -0.25) is 0 Å². The fourth-order valence-corrected chi connectivity index (χ4v) is 4.19. The number of thiocarbonyl (C=S) groups is 1. The Kier molecular flexibility index (Phi) is 6.93. The third kappa shape index (κ3) is 5.78. The lowest BCUT2D eigenvalue weighted by atomic mass is 10.2. The molecule has 1 aliphatic heterocycles. The summed E-state index contributed by atoms with van der Waals surface area (Å²) in [7, 11) is 0. The Balaban J connectivity index is 1.32. The minimum Gasteiger partial charge on any atom is -0.372 e. The van der Waals surface area contributed by atoms with E-state index >= 15 is 0 Å². The topological polar surface area (TPSA) is 78.9 Å². The van der Waals surface area contributed by atoms with Crippen molar-refractivity contribution < 1.29 is 0 Å². The van der Waals surface area contributed by atoms with Gasteiger partial charge in [0.25, 0.3) is 0 Å². The van der Waals surface area contributed by atoms with Crippen molar-refractivity contribution in [2.24, 2.45) is 0 Å². The highest BCUT2D eigenvalue weighted by Gasteiger charge is 2.12. The van der Waals surface area contributed by atoms with Gasteiger partial charge in [0, 0.05) is 43.8 Å². The number of nitrogens with zero attached hydrogens (tertiary/aromatic N) is 5. The molecule has 1 saturated heterocycles. The van der Waals surface area contributed by atoms with Gasteiger partial charge in [0.2, 0.25) is 5.95 Å². The van der Waals surface area contributed by atoms with E-state index in [1.807, 2.05) is 0 Å². The summed E-state index contributed by atoms with van der Waals surface area (Å²) in [5.41, 5.74) is 2.42. The van der Waals surface area contributed by atoms with Gasteiger partial charge in [-0.05, 0) is 60.6 Å². The van der Waals surface area contributed by atoms with Crippen molar-refractivity contribution in [2.45, 2.75) is 29.6 Å². The van der Waals surface area contributed by atoms with Crippen molar-refractivity contribution in [1.82, 2.24) is 25.3 Å². The Morgan fingerprint density at radius 2 is 1.83 bits per heavy atom. The van der Waals surface area contributed by atoms with E-state index in [2.05, 4.69) is 59.7 Å². The second kappa shape index (κ2) is 10.0. The highest BCUT2D eigenvalue weighted by molar-refractivity contribution is 7.99. The molecule has 0 bridgehead atoms. The Morgan fingerprint density at radius 3 is 2.57 bits per heavy atom. The molecule has 7 nitrogen and oxygen atoms in total. The van der Waals surface area contributed by atoms with Crippen LogP contribution in [-0.4, -0.2) is 38.1 Å². The standard InChI is InChI=1S/C20H20ClN7S2/c21-16-12-17(30-20-22-8-3-9-23-20)26-18(25-16)27-19(29)24-13-14-4-6-15(7-5-14)28-10-1-2-11-28/h3-9,12H,1-2,10-11,13H2,(H2,24,25,26,27,29). The SMILES string of the molecule is S=C(NCc1ccc(N2CCCC2)cc1)Nc1nc(Cl)cc(Sc2ncccn2)n1. The smallest absolute Gasteiger partial charge is 0.231 e. The molecule has 3 heterocycles. The number of aromatic nitrogens is 4. The summed E-state index contributed by atoms with van der Waals surface area (Å²) in [6, 6.07) is 12.0. The van der Waals surface area contributed by atoms with Crippen molar-refractivity contribution in [1.29, 1.82) is 0 Å². The van der Waals surface area contributed by atoms with Gasteiger partial charge >= 0.3 is 0 Å². The quantitative estimate of drug-likeness (QED) is 0.322. The average molecular weight is 458 g/mol. The first-order chi connectivity index (χ1) is 14.7. The van der Waals surface area contributed by atoms with E-state index in [-0.39, 0.29) is 0 Å². The number of anilines is 2. The zero-order chi connectivity index (χ0) is 20.8. The highest BCUT2D eigenvalue weighted by Crippen LogP contribution is 2.25. The van der Waals surface area contributed by atoms with Crippen LogP contribution in [0.3, 0.4) is 0 Å². The minimum atomic E-state index is 0.311. The summed E-state index contributed by atoms with van der Waals surface area (Å²) < 4.78 is 0. The number of rotatable bonds is 6. The molecule has 2 aromatic heterocycles. The predicted molar refractivity (Wildman–Crippen MR) is 124 cm³/mol. The summed E-state index contributed by atoms with van der Waals surface area (Å²) in [5, 5.41) is 8.11. The molecular formula is C20H20ClN7S2. The van der Waals surface area contributed by atoms with Crippen LogP contribution in [0.5, 0.6) is 0 Å². The highest BCUT2D eigenvalue weighted by atomic mass is 35.5. The van der Waals surface area contributed by atoms with Crippen LogP contribution in [0, 0.1) is 0 Å². The summed E-state index contributed by atoms with van der Waals surface area (Å²) >= 11 is 12.8. The largest absolute Gasteiger partial charge is 0.372 e. The molecular weight excluding hydrogens is 438 g/mol. The van der Waals surface area contributed by atoms with Crippen LogP contribution >= 0.6 is 35.6 Å². The summed E-state index contributed by atoms with van der Waals surface area (Å²) in [4.78, 5) is 19.4. The molecule has 154 valence electrons. The van der Waals surface area contributed by atoms with Gasteiger partial charge in [0.15, 0.2) is 10.3 Å². The minimum absolute atomic E-state index is 0.311. The van der Waals surface area contributed by atoms with E-state index in [0.29, 0.717) is 32.9 Å². The van der Waals surface area contributed by atoms with Gasteiger partial charge in [-0.1, -0.05) is 23.7 Å². The van der Waals surface area contributed by atoms with Crippen LogP contribution in [0.25, 0.3) is 0 Å². The van der Waals surface area contributed by atoms with E-state index in [9.17, 15) is 0 Å². The fourth-order valence-electron chi connectivity index (χ4n) is 3.06. The lowest BCUT2D eigenvalue weighted by Gasteiger charge is -2.18. The fraction of sp³-hybridized carbons (Fsp3) is 0.250. The Hall–Kier alpha value is -2.49. The second-order valence-electron chi connectivity index (χ2n) is 6.65. The van der Waals surface area contributed by atoms with Gasteiger partial charge in [-0.15, -0.1) is 0 Å². The van der Waals surface area contributed by atoms with Crippen molar-refractivity contribution in [2.75, 3.05) is 23.3 Å². The van der Waals surface area contributed by atoms with Gasteiger partial charge in [0.05, 0.1) is 0 Å². The Bertz CT molecular complexity index is 996. The number of nitrogens with one attached hydrogen (secondary N) is 2. The van der Waals surface area contributed by atoms with Crippen molar-refractivity contribution in [3.8, 4) is 0 Å². The first-order valence-corrected chi connectivity index (χ1v) is 11.1. The van der Waals surface area contributed by atoms with E-state index in [1.54, 1.807) is 24.5 Å². The molecule has 1 aromatic carbocycles. The number of halogens is 1. The van der Waals surface area contributed by atoms with Crippen LogP contribution in [0.1, 0.15) is 18.4 Å². The van der Waals surface area contributed by atoms with Crippen LogP contribution in [0.2, 0.25) is 5.15 Å². The first-order valence-electron chi connectivity index (χ1n) is 9.54. The zero-order valence-electron chi connectivity index (χ0n) is 16.1. The van der Waals surface area contributed by atoms with E-state index in [0.717, 1.165) is 18.7 Å².